The van der Waals surface area contributed by atoms with Crippen LogP contribution in [-0.4, -0.2) is 57.6 Å². The van der Waals surface area contributed by atoms with E-state index in [9.17, 15) is 14.4 Å². The van der Waals surface area contributed by atoms with Crippen LogP contribution < -0.4 is 4.87 Å². The molecule has 3 heterocycles. The van der Waals surface area contributed by atoms with E-state index in [2.05, 4.69) is 5.10 Å². The topological polar surface area (TPSA) is 75.5 Å². The van der Waals surface area contributed by atoms with Crippen molar-refractivity contribution in [2.45, 2.75) is 13.5 Å². The monoisotopic (exact) mass is 352 g/mol. The van der Waals surface area contributed by atoms with Crippen molar-refractivity contribution in [2.24, 2.45) is 0 Å². The fourth-order valence-electron chi connectivity index (χ4n) is 2.45. The van der Waals surface area contributed by atoms with Crippen LogP contribution in [0.1, 0.15) is 14.7 Å². The summed E-state index contributed by atoms with van der Waals surface area (Å²) in [5.41, 5.74) is 0. The predicted molar refractivity (Wildman–Crippen MR) is 87.9 cm³/mol. The second kappa shape index (κ2) is 6.63. The number of amides is 2. The van der Waals surface area contributed by atoms with Gasteiger partial charge in [-0.05, 0) is 18.4 Å². The number of thiophene rings is 1. The molecule has 0 N–H and O–H groups in total. The number of aromatic nitrogens is 2. The quantitative estimate of drug-likeness (QED) is 0.813. The Labute approximate surface area is 140 Å². The first kappa shape index (κ1) is 15.9. The van der Waals surface area contributed by atoms with Gasteiger partial charge in [-0.2, -0.15) is 5.10 Å². The van der Waals surface area contributed by atoms with Crippen molar-refractivity contribution >= 4 is 34.5 Å². The first-order valence-corrected chi connectivity index (χ1v) is 8.89. The number of nitrogens with zero attached hydrogens (tertiary/aromatic N) is 4. The normalized spacial score (nSPS) is 15.0. The van der Waals surface area contributed by atoms with Crippen LogP contribution in [0.5, 0.6) is 0 Å². The van der Waals surface area contributed by atoms with E-state index in [0.717, 1.165) is 11.3 Å². The zero-order chi connectivity index (χ0) is 16.4. The molecule has 3 rings (SSSR count). The van der Waals surface area contributed by atoms with Crippen molar-refractivity contribution in [2.75, 3.05) is 26.2 Å². The van der Waals surface area contributed by atoms with Crippen LogP contribution >= 0.6 is 22.7 Å². The van der Waals surface area contributed by atoms with E-state index in [0.29, 0.717) is 36.1 Å². The van der Waals surface area contributed by atoms with Crippen LogP contribution in [0, 0.1) is 6.92 Å². The van der Waals surface area contributed by atoms with Crippen molar-refractivity contribution in [3.63, 3.8) is 0 Å². The number of carbonyl (C=O) groups is 2. The molecule has 0 spiro atoms. The fourth-order valence-corrected chi connectivity index (χ4v) is 3.75. The van der Waals surface area contributed by atoms with Crippen molar-refractivity contribution in [3.8, 4) is 0 Å². The minimum atomic E-state index is -0.220. The SMILES string of the molecule is Cc1nn(CC(=O)N2CCN(C(=O)c3cccs3)CC2)c(=O)s1. The maximum Gasteiger partial charge on any atom is 0.325 e. The molecule has 2 amide bonds. The Morgan fingerprint density at radius 2 is 1.91 bits per heavy atom. The number of piperazine rings is 1. The highest BCUT2D eigenvalue weighted by Gasteiger charge is 2.25. The van der Waals surface area contributed by atoms with Crippen molar-refractivity contribution in [1.82, 2.24) is 19.6 Å². The molecule has 1 fully saturated rings. The molecule has 122 valence electrons. The molecule has 0 bridgehead atoms. The van der Waals surface area contributed by atoms with Gasteiger partial charge in [0, 0.05) is 26.2 Å². The zero-order valence-electron chi connectivity index (χ0n) is 12.6. The van der Waals surface area contributed by atoms with Gasteiger partial charge in [-0.3, -0.25) is 14.4 Å². The Bertz CT molecular complexity index is 757. The number of carbonyl (C=O) groups excluding carboxylic acids is 2. The van der Waals surface area contributed by atoms with Crippen LogP contribution in [0.3, 0.4) is 0 Å². The first-order valence-electron chi connectivity index (χ1n) is 7.19. The highest BCUT2D eigenvalue weighted by atomic mass is 32.1. The standard InChI is InChI=1S/C14H16N4O3S2/c1-10-15-18(14(21)23-10)9-12(19)16-4-6-17(7-5-16)13(20)11-3-2-8-22-11/h2-3,8H,4-7,9H2,1H3. The van der Waals surface area contributed by atoms with Gasteiger partial charge in [-0.15, -0.1) is 11.3 Å². The van der Waals surface area contributed by atoms with Crippen LogP contribution in [-0.2, 0) is 11.3 Å². The van der Waals surface area contributed by atoms with Gasteiger partial charge in [0.1, 0.15) is 11.6 Å². The van der Waals surface area contributed by atoms with Gasteiger partial charge in [0.25, 0.3) is 5.91 Å². The summed E-state index contributed by atoms with van der Waals surface area (Å²) >= 11 is 2.46. The molecular formula is C14H16N4O3S2. The molecular weight excluding hydrogens is 336 g/mol. The molecule has 23 heavy (non-hydrogen) atoms. The summed E-state index contributed by atoms with van der Waals surface area (Å²) in [5, 5.41) is 6.56. The number of hydrogen-bond acceptors (Lipinski definition) is 6. The van der Waals surface area contributed by atoms with Gasteiger partial charge >= 0.3 is 4.87 Å². The third-order valence-electron chi connectivity index (χ3n) is 3.64. The number of hydrogen-bond donors (Lipinski definition) is 0. The lowest BCUT2D eigenvalue weighted by atomic mass is 10.3. The number of rotatable bonds is 3. The highest BCUT2D eigenvalue weighted by Crippen LogP contribution is 2.14. The summed E-state index contributed by atoms with van der Waals surface area (Å²) in [5.74, 6) is -0.126. The molecule has 0 aliphatic carbocycles. The predicted octanol–water partition coefficient (Wildman–Crippen LogP) is 0.659. The average molecular weight is 352 g/mol. The third-order valence-corrected chi connectivity index (χ3v) is 5.26. The van der Waals surface area contributed by atoms with E-state index in [1.54, 1.807) is 16.7 Å². The van der Waals surface area contributed by atoms with Gasteiger partial charge < -0.3 is 9.80 Å². The summed E-state index contributed by atoms with van der Waals surface area (Å²) in [6.07, 6.45) is 0. The Kier molecular flexibility index (Phi) is 4.58. The molecule has 9 heteroatoms. The van der Waals surface area contributed by atoms with Gasteiger partial charge in [0.2, 0.25) is 5.91 Å². The Balaban J connectivity index is 1.56. The molecule has 0 atom stereocenters. The summed E-state index contributed by atoms with van der Waals surface area (Å²) in [6.45, 7) is 3.67. The Morgan fingerprint density at radius 3 is 2.48 bits per heavy atom. The van der Waals surface area contributed by atoms with Gasteiger partial charge in [0.15, 0.2) is 0 Å². The average Bonchev–Trinajstić information content (AvgIpc) is 3.17. The molecule has 0 radical (unpaired) electrons. The lowest BCUT2D eigenvalue weighted by Gasteiger charge is -2.34. The highest BCUT2D eigenvalue weighted by molar-refractivity contribution is 7.12. The lowest BCUT2D eigenvalue weighted by molar-refractivity contribution is -0.133. The van der Waals surface area contributed by atoms with Gasteiger partial charge in [0.05, 0.1) is 4.88 Å². The van der Waals surface area contributed by atoms with E-state index < -0.39 is 0 Å². The maximum atomic E-state index is 12.3. The van der Waals surface area contributed by atoms with Crippen LogP contribution in [0.2, 0.25) is 0 Å². The third kappa shape index (κ3) is 3.50. The summed E-state index contributed by atoms with van der Waals surface area (Å²) in [4.78, 5) is 40.1. The Morgan fingerprint density at radius 1 is 1.22 bits per heavy atom. The summed E-state index contributed by atoms with van der Waals surface area (Å²) in [7, 11) is 0. The Hall–Kier alpha value is -2.00. The van der Waals surface area contributed by atoms with Crippen molar-refractivity contribution in [1.29, 1.82) is 0 Å². The van der Waals surface area contributed by atoms with Crippen LogP contribution in [0.4, 0.5) is 0 Å². The van der Waals surface area contributed by atoms with E-state index in [1.165, 1.54) is 16.0 Å². The molecule has 2 aromatic rings. The van der Waals surface area contributed by atoms with Gasteiger partial charge in [-0.1, -0.05) is 17.4 Å². The van der Waals surface area contributed by atoms with E-state index in [1.807, 2.05) is 17.5 Å². The second-order valence-electron chi connectivity index (χ2n) is 5.19. The molecule has 7 nitrogen and oxygen atoms in total. The van der Waals surface area contributed by atoms with Crippen molar-refractivity contribution in [3.05, 3.63) is 37.1 Å². The van der Waals surface area contributed by atoms with Crippen molar-refractivity contribution < 1.29 is 9.59 Å². The first-order chi connectivity index (χ1) is 11.0. The summed E-state index contributed by atoms with van der Waals surface area (Å²) < 4.78 is 1.20. The number of aryl methyl sites for hydroxylation is 1. The smallest absolute Gasteiger partial charge is 0.325 e. The fraction of sp³-hybridized carbons (Fsp3) is 0.429. The molecule has 0 unspecified atom stereocenters. The molecule has 0 aromatic carbocycles. The minimum Gasteiger partial charge on any atom is -0.338 e. The zero-order valence-corrected chi connectivity index (χ0v) is 14.2. The second-order valence-corrected chi connectivity index (χ2v) is 7.29. The largest absolute Gasteiger partial charge is 0.338 e. The van der Waals surface area contributed by atoms with E-state index >= 15 is 0 Å². The van der Waals surface area contributed by atoms with E-state index in [4.69, 9.17) is 0 Å². The lowest BCUT2D eigenvalue weighted by Crippen LogP contribution is -2.51. The van der Waals surface area contributed by atoms with Crippen LogP contribution in [0.25, 0.3) is 0 Å². The maximum absolute atomic E-state index is 12.3. The van der Waals surface area contributed by atoms with Gasteiger partial charge in [-0.25, -0.2) is 4.68 Å². The molecule has 2 aromatic heterocycles. The molecule has 1 aliphatic rings. The van der Waals surface area contributed by atoms with Crippen LogP contribution in [0.15, 0.2) is 22.3 Å². The van der Waals surface area contributed by atoms with E-state index in [-0.39, 0.29) is 23.2 Å². The summed E-state index contributed by atoms with van der Waals surface area (Å²) in [6, 6.07) is 3.66. The molecule has 0 saturated carbocycles. The molecule has 1 saturated heterocycles. The molecule has 1 aliphatic heterocycles. The minimum absolute atomic E-state index is 0.0124.